The molecule has 0 fully saturated rings. The SMILES string of the molecule is Cc1cnc2c(c1)[nH]c(=S)n2-c1c(F)c(F)cc(F)c1F. The second-order valence-electron chi connectivity index (χ2n) is 4.47. The number of rotatable bonds is 1. The van der Waals surface area contributed by atoms with Gasteiger partial charge in [0, 0.05) is 12.3 Å². The predicted molar refractivity (Wildman–Crippen MR) is 70.8 cm³/mol. The number of halogens is 4. The Balaban J connectivity index is 2.47. The Kier molecular flexibility index (Phi) is 3.05. The summed E-state index contributed by atoms with van der Waals surface area (Å²) in [6.45, 7) is 1.77. The highest BCUT2D eigenvalue weighted by Gasteiger charge is 2.23. The fourth-order valence-electron chi connectivity index (χ4n) is 2.06. The third-order valence-corrected chi connectivity index (χ3v) is 3.26. The molecule has 0 aliphatic carbocycles. The highest BCUT2D eigenvalue weighted by Crippen LogP contribution is 2.26. The van der Waals surface area contributed by atoms with Crippen LogP contribution in [0.2, 0.25) is 0 Å². The van der Waals surface area contributed by atoms with E-state index in [1.807, 2.05) is 0 Å². The summed E-state index contributed by atoms with van der Waals surface area (Å²) in [5.41, 5.74) is 0.342. The minimum Gasteiger partial charge on any atom is -0.329 e. The maximum absolute atomic E-state index is 13.9. The highest BCUT2D eigenvalue weighted by atomic mass is 32.1. The van der Waals surface area contributed by atoms with Gasteiger partial charge in [0.05, 0.1) is 5.52 Å². The molecule has 21 heavy (non-hydrogen) atoms. The van der Waals surface area contributed by atoms with Crippen molar-refractivity contribution in [3.63, 3.8) is 0 Å². The van der Waals surface area contributed by atoms with E-state index in [9.17, 15) is 17.6 Å². The number of nitrogens with zero attached hydrogens (tertiary/aromatic N) is 2. The molecule has 0 unspecified atom stereocenters. The number of hydrogen-bond donors (Lipinski definition) is 1. The monoisotopic (exact) mass is 313 g/mol. The molecule has 1 aromatic carbocycles. The van der Waals surface area contributed by atoms with E-state index in [0.29, 0.717) is 5.52 Å². The van der Waals surface area contributed by atoms with Gasteiger partial charge < -0.3 is 4.98 Å². The van der Waals surface area contributed by atoms with Crippen LogP contribution in [0.25, 0.3) is 16.9 Å². The topological polar surface area (TPSA) is 33.6 Å². The lowest BCUT2D eigenvalue weighted by atomic mass is 10.2. The average Bonchev–Trinajstić information content (AvgIpc) is 2.73. The first-order valence-corrected chi connectivity index (χ1v) is 6.21. The van der Waals surface area contributed by atoms with Gasteiger partial charge in [-0.25, -0.2) is 22.5 Å². The number of pyridine rings is 1. The van der Waals surface area contributed by atoms with Crippen LogP contribution >= 0.6 is 12.2 Å². The van der Waals surface area contributed by atoms with Crippen molar-refractivity contribution < 1.29 is 17.6 Å². The molecule has 0 bridgehead atoms. The molecular formula is C13H7F4N3S. The Bertz CT molecular complexity index is 903. The number of fused-ring (bicyclic) bond motifs is 1. The van der Waals surface area contributed by atoms with E-state index in [0.717, 1.165) is 10.1 Å². The van der Waals surface area contributed by atoms with Crippen LogP contribution < -0.4 is 0 Å². The zero-order chi connectivity index (χ0) is 15.3. The van der Waals surface area contributed by atoms with Crippen molar-refractivity contribution in [1.82, 2.24) is 14.5 Å². The molecule has 0 saturated heterocycles. The molecule has 0 radical (unpaired) electrons. The number of benzene rings is 1. The Hall–Kier alpha value is -2.22. The molecule has 3 nitrogen and oxygen atoms in total. The quantitative estimate of drug-likeness (QED) is 0.419. The van der Waals surface area contributed by atoms with Gasteiger partial charge in [0.15, 0.2) is 33.7 Å². The molecule has 3 aromatic rings. The zero-order valence-electron chi connectivity index (χ0n) is 10.5. The van der Waals surface area contributed by atoms with Crippen molar-refractivity contribution in [2.75, 3.05) is 0 Å². The van der Waals surface area contributed by atoms with E-state index in [-0.39, 0.29) is 16.5 Å². The largest absolute Gasteiger partial charge is 0.329 e. The molecule has 0 saturated carbocycles. The van der Waals surface area contributed by atoms with Gasteiger partial charge in [0.25, 0.3) is 0 Å². The molecule has 2 aromatic heterocycles. The molecule has 1 N–H and O–H groups in total. The highest BCUT2D eigenvalue weighted by molar-refractivity contribution is 7.71. The minimum atomic E-state index is -1.53. The number of hydrogen-bond acceptors (Lipinski definition) is 2. The summed E-state index contributed by atoms with van der Waals surface area (Å²) in [6, 6.07) is 1.80. The van der Waals surface area contributed by atoms with Gasteiger partial charge in [0.2, 0.25) is 0 Å². The Morgan fingerprint density at radius 1 is 1.10 bits per heavy atom. The van der Waals surface area contributed by atoms with Crippen LogP contribution in [-0.2, 0) is 0 Å². The Morgan fingerprint density at radius 2 is 1.71 bits per heavy atom. The second kappa shape index (κ2) is 4.66. The molecule has 3 rings (SSSR count). The molecule has 2 heterocycles. The van der Waals surface area contributed by atoms with E-state index in [1.54, 1.807) is 13.0 Å². The van der Waals surface area contributed by atoms with Crippen LogP contribution in [0.4, 0.5) is 17.6 Å². The summed E-state index contributed by atoms with van der Waals surface area (Å²) in [6.07, 6.45) is 1.45. The second-order valence-corrected chi connectivity index (χ2v) is 4.85. The van der Waals surface area contributed by atoms with E-state index in [4.69, 9.17) is 12.2 Å². The van der Waals surface area contributed by atoms with Crippen molar-refractivity contribution in [2.45, 2.75) is 6.92 Å². The Morgan fingerprint density at radius 3 is 2.33 bits per heavy atom. The summed E-state index contributed by atoms with van der Waals surface area (Å²) in [5, 5.41) is 0. The maximum Gasteiger partial charge on any atom is 0.186 e. The fourth-order valence-corrected chi connectivity index (χ4v) is 2.35. The molecule has 0 aliphatic rings. The molecule has 0 aliphatic heterocycles. The number of H-pyrrole nitrogens is 1. The lowest BCUT2D eigenvalue weighted by Gasteiger charge is -2.08. The van der Waals surface area contributed by atoms with Crippen molar-refractivity contribution in [3.8, 4) is 5.69 Å². The summed E-state index contributed by atoms with van der Waals surface area (Å²) >= 11 is 4.97. The van der Waals surface area contributed by atoms with Gasteiger partial charge in [-0.1, -0.05) is 0 Å². The number of aryl methyl sites for hydroxylation is 1. The smallest absolute Gasteiger partial charge is 0.186 e. The van der Waals surface area contributed by atoms with E-state index in [2.05, 4.69) is 9.97 Å². The van der Waals surface area contributed by atoms with Crippen LogP contribution in [0.3, 0.4) is 0 Å². The Labute approximate surface area is 120 Å². The average molecular weight is 313 g/mol. The summed E-state index contributed by atoms with van der Waals surface area (Å²) < 4.78 is 55.2. The normalized spacial score (nSPS) is 11.3. The molecule has 0 atom stereocenters. The predicted octanol–water partition coefficient (Wildman–Crippen LogP) is 3.95. The van der Waals surface area contributed by atoms with Crippen LogP contribution in [0, 0.1) is 35.0 Å². The molecule has 8 heteroatoms. The third-order valence-electron chi connectivity index (χ3n) is 2.97. The third kappa shape index (κ3) is 2.02. The number of aromatic amines is 1. The van der Waals surface area contributed by atoms with Crippen LogP contribution in [0.15, 0.2) is 18.3 Å². The van der Waals surface area contributed by atoms with Crippen molar-refractivity contribution >= 4 is 23.4 Å². The van der Waals surface area contributed by atoms with E-state index >= 15 is 0 Å². The lowest BCUT2D eigenvalue weighted by molar-refractivity contribution is 0.448. The van der Waals surface area contributed by atoms with Gasteiger partial charge in [-0.2, -0.15) is 0 Å². The first kappa shape index (κ1) is 13.7. The van der Waals surface area contributed by atoms with Crippen LogP contribution in [0.1, 0.15) is 5.56 Å². The lowest BCUT2D eigenvalue weighted by Crippen LogP contribution is -2.07. The van der Waals surface area contributed by atoms with Gasteiger partial charge in [-0.3, -0.25) is 4.57 Å². The van der Waals surface area contributed by atoms with E-state index < -0.39 is 29.0 Å². The van der Waals surface area contributed by atoms with Gasteiger partial charge >= 0.3 is 0 Å². The summed E-state index contributed by atoms with van der Waals surface area (Å²) in [7, 11) is 0. The zero-order valence-corrected chi connectivity index (χ0v) is 11.4. The van der Waals surface area contributed by atoms with Crippen molar-refractivity contribution in [3.05, 3.63) is 51.9 Å². The number of nitrogens with one attached hydrogen (secondary N) is 1. The van der Waals surface area contributed by atoms with Gasteiger partial charge in [-0.15, -0.1) is 0 Å². The summed E-state index contributed by atoms with van der Waals surface area (Å²) in [5.74, 6) is -6.08. The first-order valence-electron chi connectivity index (χ1n) is 5.81. The van der Waals surface area contributed by atoms with Crippen molar-refractivity contribution in [1.29, 1.82) is 0 Å². The summed E-state index contributed by atoms with van der Waals surface area (Å²) in [4.78, 5) is 6.70. The van der Waals surface area contributed by atoms with Crippen LogP contribution in [-0.4, -0.2) is 14.5 Å². The van der Waals surface area contributed by atoms with Gasteiger partial charge in [0.1, 0.15) is 5.69 Å². The molecule has 0 spiro atoms. The maximum atomic E-state index is 13.9. The fraction of sp³-hybridized carbons (Fsp3) is 0.0769. The molecule has 0 amide bonds. The standard InChI is InChI=1S/C13H7F4N3S/c1-5-2-8-12(18-4-5)20(13(21)19-8)11-9(16)6(14)3-7(15)10(11)17/h2-4H,1H3,(H,19,21). The first-order chi connectivity index (χ1) is 9.90. The number of aromatic nitrogens is 3. The van der Waals surface area contributed by atoms with Gasteiger partial charge in [-0.05, 0) is 30.8 Å². The van der Waals surface area contributed by atoms with E-state index in [1.165, 1.54) is 6.20 Å². The van der Waals surface area contributed by atoms with Crippen molar-refractivity contribution in [2.24, 2.45) is 0 Å². The number of imidazole rings is 1. The minimum absolute atomic E-state index is 0.0772. The van der Waals surface area contributed by atoms with Crippen LogP contribution in [0.5, 0.6) is 0 Å². The molecular weight excluding hydrogens is 306 g/mol. The molecule has 108 valence electrons.